The molecular formula is C13H14N4O2S. The van der Waals surface area contributed by atoms with Gasteiger partial charge in [0.05, 0.1) is 12.2 Å². The smallest absolute Gasteiger partial charge is 0.312 e. The van der Waals surface area contributed by atoms with Crippen molar-refractivity contribution in [1.29, 1.82) is 0 Å². The predicted octanol–water partition coefficient (Wildman–Crippen LogP) is 1.47. The highest BCUT2D eigenvalue weighted by Gasteiger charge is 2.33. The van der Waals surface area contributed by atoms with E-state index in [-0.39, 0.29) is 0 Å². The van der Waals surface area contributed by atoms with Crippen LogP contribution in [0.4, 0.5) is 5.13 Å². The van der Waals surface area contributed by atoms with Gasteiger partial charge in [-0.25, -0.2) is 9.97 Å². The molecule has 1 atom stereocenters. The number of aryl methyl sites for hydroxylation is 1. The van der Waals surface area contributed by atoms with Crippen molar-refractivity contribution in [2.24, 2.45) is 0 Å². The van der Waals surface area contributed by atoms with E-state index in [2.05, 4.69) is 19.4 Å². The van der Waals surface area contributed by atoms with Gasteiger partial charge in [0.15, 0.2) is 5.13 Å². The molecule has 0 bridgehead atoms. The van der Waals surface area contributed by atoms with E-state index in [1.54, 1.807) is 11.3 Å². The number of aromatic nitrogens is 3. The van der Waals surface area contributed by atoms with Gasteiger partial charge in [0, 0.05) is 30.4 Å². The summed E-state index contributed by atoms with van der Waals surface area (Å²) in [5.74, 6) is -0.127. The summed E-state index contributed by atoms with van der Waals surface area (Å²) in [4.78, 5) is 23.5. The lowest BCUT2D eigenvalue weighted by Gasteiger charge is -2.27. The fraction of sp³-hybridized carbons (Fsp3) is 0.462. The van der Waals surface area contributed by atoms with E-state index in [0.717, 1.165) is 47.6 Å². The molecule has 1 N–H and O–H groups in total. The first kappa shape index (κ1) is 11.9. The molecule has 0 spiro atoms. The maximum Gasteiger partial charge on any atom is 0.312 e. The Morgan fingerprint density at radius 1 is 1.45 bits per heavy atom. The Morgan fingerprint density at radius 2 is 2.35 bits per heavy atom. The molecule has 1 unspecified atom stereocenters. The largest absolute Gasteiger partial charge is 0.481 e. The summed E-state index contributed by atoms with van der Waals surface area (Å²) < 4.78 is 2.15. The molecule has 7 heteroatoms. The highest BCUT2D eigenvalue weighted by atomic mass is 32.1. The predicted molar refractivity (Wildman–Crippen MR) is 74.1 cm³/mol. The lowest BCUT2D eigenvalue weighted by molar-refractivity contribution is -0.138. The van der Waals surface area contributed by atoms with Gasteiger partial charge in [0.25, 0.3) is 0 Å². The zero-order valence-electron chi connectivity index (χ0n) is 10.8. The van der Waals surface area contributed by atoms with Crippen molar-refractivity contribution in [2.75, 3.05) is 11.4 Å². The number of hydrogen-bond donors (Lipinski definition) is 1. The highest BCUT2D eigenvalue weighted by Crippen LogP contribution is 2.40. The Balaban J connectivity index is 1.62. The number of fused-ring (bicyclic) bond motifs is 2. The van der Waals surface area contributed by atoms with Crippen LogP contribution < -0.4 is 4.90 Å². The van der Waals surface area contributed by atoms with Crippen LogP contribution in [0.15, 0.2) is 12.4 Å². The van der Waals surface area contributed by atoms with Crippen LogP contribution in [-0.2, 0) is 24.3 Å². The second-order valence-electron chi connectivity index (χ2n) is 5.19. The van der Waals surface area contributed by atoms with Crippen LogP contribution in [0, 0.1) is 0 Å². The number of carboxylic acid groups (broad SMARTS) is 1. The summed E-state index contributed by atoms with van der Waals surface area (Å²) in [5, 5.41) is 10.2. The Kier molecular flexibility index (Phi) is 2.56. The Hall–Kier alpha value is -1.89. The molecule has 2 aromatic rings. The van der Waals surface area contributed by atoms with Crippen LogP contribution >= 0.6 is 11.3 Å². The molecule has 2 aromatic heterocycles. The summed E-state index contributed by atoms with van der Waals surface area (Å²) >= 11 is 1.64. The van der Waals surface area contributed by atoms with Crippen LogP contribution in [0.1, 0.15) is 28.7 Å². The van der Waals surface area contributed by atoms with Crippen LogP contribution in [-0.4, -0.2) is 32.2 Å². The van der Waals surface area contributed by atoms with E-state index in [9.17, 15) is 9.90 Å². The van der Waals surface area contributed by atoms with Crippen molar-refractivity contribution in [3.8, 4) is 0 Å². The third-order valence-corrected chi connectivity index (χ3v) is 5.21. The Labute approximate surface area is 119 Å². The quantitative estimate of drug-likeness (QED) is 0.907. The lowest BCUT2D eigenvalue weighted by atomic mass is 10.1. The number of hydrogen-bond acceptors (Lipinski definition) is 5. The molecule has 6 nitrogen and oxygen atoms in total. The van der Waals surface area contributed by atoms with Gasteiger partial charge >= 0.3 is 5.97 Å². The highest BCUT2D eigenvalue weighted by molar-refractivity contribution is 7.15. The van der Waals surface area contributed by atoms with E-state index in [1.807, 2.05) is 12.4 Å². The number of imidazole rings is 1. The summed E-state index contributed by atoms with van der Waals surface area (Å²) in [7, 11) is 0. The maximum atomic E-state index is 11.2. The molecule has 104 valence electrons. The van der Waals surface area contributed by atoms with Gasteiger partial charge in [-0.1, -0.05) is 0 Å². The third kappa shape index (κ3) is 1.73. The third-order valence-electron chi connectivity index (χ3n) is 4.02. The SMILES string of the molecule is O=C(O)C1CCc2sc(N3CCn4ccnc4C3)nc21. The Bertz CT molecular complexity index is 678. The van der Waals surface area contributed by atoms with E-state index < -0.39 is 11.9 Å². The number of nitrogens with zero attached hydrogens (tertiary/aromatic N) is 4. The average molecular weight is 290 g/mol. The van der Waals surface area contributed by atoms with Crippen LogP contribution in [0.25, 0.3) is 0 Å². The number of carbonyl (C=O) groups is 1. The van der Waals surface area contributed by atoms with Crippen molar-refractivity contribution in [3.63, 3.8) is 0 Å². The van der Waals surface area contributed by atoms with Crippen molar-refractivity contribution >= 4 is 22.4 Å². The topological polar surface area (TPSA) is 71.2 Å². The van der Waals surface area contributed by atoms with Gasteiger partial charge in [-0.15, -0.1) is 11.3 Å². The van der Waals surface area contributed by atoms with E-state index >= 15 is 0 Å². The molecule has 4 rings (SSSR count). The van der Waals surface area contributed by atoms with Crippen molar-refractivity contribution < 1.29 is 9.90 Å². The minimum Gasteiger partial charge on any atom is -0.481 e. The molecule has 0 fully saturated rings. The first-order valence-electron chi connectivity index (χ1n) is 6.70. The van der Waals surface area contributed by atoms with Crippen LogP contribution in [0.2, 0.25) is 0 Å². The fourth-order valence-electron chi connectivity index (χ4n) is 2.93. The zero-order chi connectivity index (χ0) is 13.7. The molecule has 1 aliphatic heterocycles. The molecule has 0 aromatic carbocycles. The molecular weight excluding hydrogens is 276 g/mol. The number of anilines is 1. The molecule has 0 radical (unpaired) electrons. The second kappa shape index (κ2) is 4.31. The molecule has 2 aliphatic rings. The number of aliphatic carboxylic acids is 1. The molecule has 1 aliphatic carbocycles. The van der Waals surface area contributed by atoms with Crippen molar-refractivity contribution in [2.45, 2.75) is 31.8 Å². The molecule has 20 heavy (non-hydrogen) atoms. The normalized spacial score (nSPS) is 20.8. The molecule has 0 saturated heterocycles. The molecule has 3 heterocycles. The van der Waals surface area contributed by atoms with E-state index in [0.29, 0.717) is 6.42 Å². The zero-order valence-corrected chi connectivity index (χ0v) is 11.6. The minimum atomic E-state index is -0.755. The van der Waals surface area contributed by atoms with Crippen molar-refractivity contribution in [1.82, 2.24) is 14.5 Å². The minimum absolute atomic E-state index is 0.415. The number of rotatable bonds is 2. The number of carboxylic acids is 1. The standard InChI is InChI=1S/C13H14N4O2S/c18-12(19)8-1-2-9-11(8)15-13(20-9)17-6-5-16-4-3-14-10(16)7-17/h3-4,8H,1-2,5-7H2,(H,18,19). The van der Waals surface area contributed by atoms with E-state index in [4.69, 9.17) is 0 Å². The molecule has 0 amide bonds. The van der Waals surface area contributed by atoms with Gasteiger partial charge in [-0.2, -0.15) is 0 Å². The average Bonchev–Trinajstić information content (AvgIpc) is 3.11. The second-order valence-corrected chi connectivity index (χ2v) is 6.25. The van der Waals surface area contributed by atoms with Crippen molar-refractivity contribution in [3.05, 3.63) is 28.8 Å². The van der Waals surface area contributed by atoms with Gasteiger partial charge in [-0.3, -0.25) is 4.79 Å². The van der Waals surface area contributed by atoms with Gasteiger partial charge in [0.2, 0.25) is 0 Å². The van der Waals surface area contributed by atoms with Gasteiger partial charge < -0.3 is 14.6 Å². The van der Waals surface area contributed by atoms with Crippen LogP contribution in [0.5, 0.6) is 0 Å². The number of thiazole rings is 1. The first-order valence-corrected chi connectivity index (χ1v) is 7.51. The lowest BCUT2D eigenvalue weighted by Crippen LogP contribution is -2.33. The summed E-state index contributed by atoms with van der Waals surface area (Å²) in [6.45, 7) is 2.55. The summed E-state index contributed by atoms with van der Waals surface area (Å²) in [6, 6.07) is 0. The molecule has 0 saturated carbocycles. The van der Waals surface area contributed by atoms with Gasteiger partial charge in [-0.05, 0) is 12.8 Å². The maximum absolute atomic E-state index is 11.2. The summed E-state index contributed by atoms with van der Waals surface area (Å²) in [6.07, 6.45) is 5.34. The summed E-state index contributed by atoms with van der Waals surface area (Å²) in [5.41, 5.74) is 0.784. The fourth-order valence-corrected chi connectivity index (χ4v) is 4.09. The van der Waals surface area contributed by atoms with Gasteiger partial charge in [0.1, 0.15) is 11.7 Å². The monoisotopic (exact) mass is 290 g/mol. The van der Waals surface area contributed by atoms with Crippen LogP contribution in [0.3, 0.4) is 0 Å². The first-order chi connectivity index (χ1) is 9.72. The van der Waals surface area contributed by atoms with E-state index in [1.165, 1.54) is 0 Å². The Morgan fingerprint density at radius 3 is 3.20 bits per heavy atom.